The SMILES string of the molecule is CCc1ccc(CC)c(NC(=O)NC[C@@H](O)CO)c1. The summed E-state index contributed by atoms with van der Waals surface area (Å²) in [6.45, 7) is 3.74. The predicted molar refractivity (Wildman–Crippen MR) is 75.3 cm³/mol. The Bertz CT molecular complexity index is 421. The lowest BCUT2D eigenvalue weighted by molar-refractivity contribution is 0.0965. The van der Waals surface area contributed by atoms with E-state index in [0.717, 1.165) is 29.7 Å². The Morgan fingerprint density at radius 1 is 1.32 bits per heavy atom. The summed E-state index contributed by atoms with van der Waals surface area (Å²) in [5, 5.41) is 23.1. The average molecular weight is 266 g/mol. The number of carbonyl (C=O) groups is 1. The predicted octanol–water partition coefficient (Wildman–Crippen LogP) is 1.29. The highest BCUT2D eigenvalue weighted by Crippen LogP contribution is 2.18. The zero-order valence-electron chi connectivity index (χ0n) is 11.4. The van der Waals surface area contributed by atoms with Gasteiger partial charge in [0.05, 0.1) is 12.7 Å². The molecular weight excluding hydrogens is 244 g/mol. The van der Waals surface area contributed by atoms with Crippen molar-refractivity contribution in [3.8, 4) is 0 Å². The second kappa shape index (κ2) is 7.76. The molecule has 0 spiro atoms. The largest absolute Gasteiger partial charge is 0.394 e. The van der Waals surface area contributed by atoms with E-state index in [4.69, 9.17) is 10.2 Å². The second-order valence-corrected chi connectivity index (χ2v) is 4.37. The van der Waals surface area contributed by atoms with Crippen LogP contribution in [-0.4, -0.2) is 35.5 Å². The second-order valence-electron chi connectivity index (χ2n) is 4.37. The van der Waals surface area contributed by atoms with Gasteiger partial charge in [-0.2, -0.15) is 0 Å². The van der Waals surface area contributed by atoms with Crippen LogP contribution in [0.25, 0.3) is 0 Å². The molecule has 0 unspecified atom stereocenters. The summed E-state index contributed by atoms with van der Waals surface area (Å²) in [5.41, 5.74) is 3.01. The van der Waals surface area contributed by atoms with Crippen LogP contribution in [0.15, 0.2) is 18.2 Å². The van der Waals surface area contributed by atoms with Crippen molar-refractivity contribution in [2.24, 2.45) is 0 Å². The summed E-state index contributed by atoms with van der Waals surface area (Å²) in [7, 11) is 0. The van der Waals surface area contributed by atoms with E-state index in [1.165, 1.54) is 0 Å². The molecule has 0 aliphatic heterocycles. The molecule has 4 N–H and O–H groups in total. The molecule has 0 bridgehead atoms. The molecule has 0 saturated carbocycles. The number of benzene rings is 1. The molecular formula is C14H22N2O3. The molecule has 0 aliphatic rings. The van der Waals surface area contributed by atoms with Gasteiger partial charge in [0, 0.05) is 12.2 Å². The van der Waals surface area contributed by atoms with Gasteiger partial charge < -0.3 is 20.8 Å². The van der Waals surface area contributed by atoms with Gasteiger partial charge in [-0.15, -0.1) is 0 Å². The van der Waals surface area contributed by atoms with E-state index in [2.05, 4.69) is 23.6 Å². The van der Waals surface area contributed by atoms with Gasteiger partial charge in [0.15, 0.2) is 0 Å². The molecule has 0 saturated heterocycles. The fraction of sp³-hybridized carbons (Fsp3) is 0.500. The molecule has 0 heterocycles. The topological polar surface area (TPSA) is 81.6 Å². The minimum Gasteiger partial charge on any atom is -0.394 e. The van der Waals surface area contributed by atoms with Crippen LogP contribution in [0.2, 0.25) is 0 Å². The van der Waals surface area contributed by atoms with Gasteiger partial charge in [-0.25, -0.2) is 4.79 Å². The monoisotopic (exact) mass is 266 g/mol. The van der Waals surface area contributed by atoms with Crippen molar-refractivity contribution in [1.82, 2.24) is 5.32 Å². The van der Waals surface area contributed by atoms with Crippen molar-refractivity contribution in [2.75, 3.05) is 18.5 Å². The number of amides is 2. The van der Waals surface area contributed by atoms with Crippen molar-refractivity contribution in [1.29, 1.82) is 0 Å². The Labute approximate surface area is 113 Å². The van der Waals surface area contributed by atoms with E-state index in [1.807, 2.05) is 19.1 Å². The minimum absolute atomic E-state index is 0.0251. The standard InChI is InChI=1S/C14H22N2O3/c1-3-10-5-6-11(4-2)13(7-10)16-14(19)15-8-12(18)9-17/h5-7,12,17-18H,3-4,8-9H2,1-2H3,(H2,15,16,19)/t12-/m1/s1. The van der Waals surface area contributed by atoms with Gasteiger partial charge in [0.1, 0.15) is 0 Å². The van der Waals surface area contributed by atoms with Gasteiger partial charge in [-0.3, -0.25) is 0 Å². The Hall–Kier alpha value is -1.59. The molecule has 19 heavy (non-hydrogen) atoms. The smallest absolute Gasteiger partial charge is 0.319 e. The third-order valence-electron chi connectivity index (χ3n) is 2.92. The number of aryl methyl sites for hydroxylation is 2. The zero-order valence-corrected chi connectivity index (χ0v) is 11.4. The van der Waals surface area contributed by atoms with Crippen LogP contribution in [0.1, 0.15) is 25.0 Å². The first kappa shape index (κ1) is 15.5. The van der Waals surface area contributed by atoms with E-state index in [9.17, 15) is 4.79 Å². The molecule has 0 radical (unpaired) electrons. The van der Waals surface area contributed by atoms with E-state index in [1.54, 1.807) is 0 Å². The Balaban J connectivity index is 2.66. The van der Waals surface area contributed by atoms with Gasteiger partial charge in [-0.05, 0) is 30.0 Å². The van der Waals surface area contributed by atoms with E-state index in [0.29, 0.717) is 0 Å². The third kappa shape index (κ3) is 4.89. The zero-order chi connectivity index (χ0) is 14.3. The van der Waals surface area contributed by atoms with Crippen LogP contribution < -0.4 is 10.6 Å². The lowest BCUT2D eigenvalue weighted by atomic mass is 10.1. The quantitative estimate of drug-likeness (QED) is 0.626. The van der Waals surface area contributed by atoms with Crippen LogP contribution >= 0.6 is 0 Å². The molecule has 2 amide bonds. The van der Waals surface area contributed by atoms with Crippen molar-refractivity contribution in [3.05, 3.63) is 29.3 Å². The van der Waals surface area contributed by atoms with Crippen LogP contribution in [0.4, 0.5) is 10.5 Å². The average Bonchev–Trinajstić information content (AvgIpc) is 2.44. The van der Waals surface area contributed by atoms with Gasteiger partial charge in [-0.1, -0.05) is 26.0 Å². The molecule has 0 aliphatic carbocycles. The Morgan fingerprint density at radius 3 is 2.63 bits per heavy atom. The molecule has 5 nitrogen and oxygen atoms in total. The molecule has 1 aromatic carbocycles. The Kier molecular flexibility index (Phi) is 6.32. The maximum atomic E-state index is 11.7. The number of aliphatic hydroxyl groups excluding tert-OH is 2. The lowest BCUT2D eigenvalue weighted by Crippen LogP contribution is -2.36. The van der Waals surface area contributed by atoms with E-state index < -0.39 is 6.10 Å². The summed E-state index contributed by atoms with van der Waals surface area (Å²) in [6.07, 6.45) is 0.806. The molecule has 0 aromatic heterocycles. The number of hydrogen-bond acceptors (Lipinski definition) is 3. The molecule has 1 aromatic rings. The summed E-state index contributed by atoms with van der Waals surface area (Å²) >= 11 is 0. The normalized spacial score (nSPS) is 12.0. The first-order valence-corrected chi connectivity index (χ1v) is 6.56. The van der Waals surface area contributed by atoms with Crippen molar-refractivity contribution < 1.29 is 15.0 Å². The van der Waals surface area contributed by atoms with Crippen molar-refractivity contribution in [3.63, 3.8) is 0 Å². The maximum absolute atomic E-state index is 11.7. The fourth-order valence-corrected chi connectivity index (χ4v) is 1.71. The summed E-state index contributed by atoms with van der Waals surface area (Å²) in [6, 6.07) is 5.64. The van der Waals surface area contributed by atoms with Gasteiger partial charge >= 0.3 is 6.03 Å². The first-order valence-electron chi connectivity index (χ1n) is 6.56. The highest BCUT2D eigenvalue weighted by molar-refractivity contribution is 5.90. The first-order chi connectivity index (χ1) is 9.10. The Morgan fingerprint density at radius 2 is 2.05 bits per heavy atom. The summed E-state index contributed by atoms with van der Waals surface area (Å²) < 4.78 is 0. The highest BCUT2D eigenvalue weighted by atomic mass is 16.3. The van der Waals surface area contributed by atoms with E-state index >= 15 is 0 Å². The van der Waals surface area contributed by atoms with Crippen LogP contribution in [0.3, 0.4) is 0 Å². The third-order valence-corrected chi connectivity index (χ3v) is 2.92. The number of carbonyl (C=O) groups excluding carboxylic acids is 1. The number of nitrogens with one attached hydrogen (secondary N) is 2. The van der Waals surface area contributed by atoms with E-state index in [-0.39, 0.29) is 19.2 Å². The number of aliphatic hydroxyl groups is 2. The van der Waals surface area contributed by atoms with Crippen molar-refractivity contribution >= 4 is 11.7 Å². The number of urea groups is 1. The molecule has 1 atom stereocenters. The van der Waals surface area contributed by atoms with Gasteiger partial charge in [0.2, 0.25) is 0 Å². The van der Waals surface area contributed by atoms with Crippen LogP contribution in [0.5, 0.6) is 0 Å². The number of rotatable bonds is 6. The summed E-state index contributed by atoms with van der Waals surface area (Å²) in [5.74, 6) is 0. The number of hydrogen-bond donors (Lipinski definition) is 4. The lowest BCUT2D eigenvalue weighted by Gasteiger charge is -2.13. The molecule has 0 fully saturated rings. The molecule has 5 heteroatoms. The molecule has 1 rings (SSSR count). The van der Waals surface area contributed by atoms with Crippen LogP contribution in [0, 0.1) is 0 Å². The minimum atomic E-state index is -0.932. The van der Waals surface area contributed by atoms with Crippen LogP contribution in [-0.2, 0) is 12.8 Å². The highest BCUT2D eigenvalue weighted by Gasteiger charge is 2.08. The summed E-state index contributed by atoms with van der Waals surface area (Å²) in [4.78, 5) is 11.7. The van der Waals surface area contributed by atoms with Gasteiger partial charge in [0.25, 0.3) is 0 Å². The maximum Gasteiger partial charge on any atom is 0.319 e. The fourth-order valence-electron chi connectivity index (χ4n) is 1.71. The number of anilines is 1. The van der Waals surface area contributed by atoms with Crippen molar-refractivity contribution in [2.45, 2.75) is 32.8 Å². The molecule has 106 valence electrons.